The van der Waals surface area contributed by atoms with Gasteiger partial charge >= 0.3 is 5.97 Å². The van der Waals surface area contributed by atoms with E-state index >= 15 is 0 Å². The van der Waals surface area contributed by atoms with E-state index in [0.717, 1.165) is 0 Å². The standard InChI is InChI=1S/C16H18Cl2N6O5/c17-7-3-1-2-6(10(7)18)12(26)29-9-4-24-14(20)21-8(5-25)11-15(24,16(9,27)28)23-13(19)22-11/h1-3,8-9,11,25,27-28H,4-5H2,(H2,20,21)(H3,19,22,23)/t8-,9-,11?,15-/m0/s1. The molecule has 0 amide bonds. The summed E-state index contributed by atoms with van der Waals surface area (Å²) < 4.78 is 5.37. The quantitative estimate of drug-likeness (QED) is 0.231. The Morgan fingerprint density at radius 2 is 2.07 bits per heavy atom. The second-order valence-corrected chi connectivity index (χ2v) is 7.71. The molecule has 1 aromatic rings. The summed E-state index contributed by atoms with van der Waals surface area (Å²) in [4.78, 5) is 22.2. The maximum Gasteiger partial charge on any atom is 0.340 e. The van der Waals surface area contributed by atoms with Gasteiger partial charge in [-0.15, -0.1) is 0 Å². The van der Waals surface area contributed by atoms with Gasteiger partial charge in [-0.25, -0.2) is 14.8 Å². The number of ether oxygens (including phenoxy) is 1. The molecule has 8 N–H and O–H groups in total. The SMILES string of the molecule is NC1=NC2[C@H](CO)N=C(N)N3C[C@H](OC(=O)c4cccc(Cl)c4Cl)C(O)(O)[C@]23N1. The number of aliphatic imine (C=N–C) groups is 2. The molecule has 1 unspecified atom stereocenters. The number of nitrogens with two attached hydrogens (primary N) is 2. The maximum absolute atomic E-state index is 12.6. The monoisotopic (exact) mass is 444 g/mol. The van der Waals surface area contributed by atoms with Gasteiger partial charge in [0.05, 0.1) is 28.8 Å². The summed E-state index contributed by atoms with van der Waals surface area (Å²) in [6.45, 7) is -0.686. The summed E-state index contributed by atoms with van der Waals surface area (Å²) in [6.07, 6.45) is -1.48. The Labute approximate surface area is 174 Å². The van der Waals surface area contributed by atoms with Crippen LogP contribution in [0, 0.1) is 0 Å². The van der Waals surface area contributed by atoms with Gasteiger partial charge in [-0.05, 0) is 12.1 Å². The van der Waals surface area contributed by atoms with Crippen LogP contribution in [0.5, 0.6) is 0 Å². The summed E-state index contributed by atoms with van der Waals surface area (Å²) >= 11 is 12.0. The van der Waals surface area contributed by atoms with Crippen molar-refractivity contribution >= 4 is 41.1 Å². The number of guanidine groups is 2. The van der Waals surface area contributed by atoms with Crippen LogP contribution in [0.3, 0.4) is 0 Å². The Bertz CT molecular complexity index is 940. The number of aliphatic hydroxyl groups excluding tert-OH is 1. The molecule has 0 saturated carbocycles. The van der Waals surface area contributed by atoms with Crippen LogP contribution in [-0.4, -0.2) is 80.9 Å². The Morgan fingerprint density at radius 1 is 1.34 bits per heavy atom. The molecular weight excluding hydrogens is 427 g/mol. The number of nitrogens with one attached hydrogen (secondary N) is 1. The average molecular weight is 445 g/mol. The van der Waals surface area contributed by atoms with Gasteiger partial charge in [-0.2, -0.15) is 0 Å². The average Bonchev–Trinajstić information content (AvgIpc) is 3.12. The van der Waals surface area contributed by atoms with Crippen molar-refractivity contribution < 1.29 is 24.9 Å². The lowest BCUT2D eigenvalue weighted by molar-refractivity contribution is -0.257. The van der Waals surface area contributed by atoms with E-state index in [1.165, 1.54) is 23.1 Å². The lowest BCUT2D eigenvalue weighted by Gasteiger charge is -2.48. The number of hydrogen-bond acceptors (Lipinski definition) is 11. The van der Waals surface area contributed by atoms with E-state index in [9.17, 15) is 20.1 Å². The van der Waals surface area contributed by atoms with Crippen LogP contribution < -0.4 is 16.8 Å². The number of nitrogens with zero attached hydrogens (tertiary/aromatic N) is 3. The number of rotatable bonds is 3. The molecule has 13 heteroatoms. The van der Waals surface area contributed by atoms with Crippen LogP contribution in [0.4, 0.5) is 0 Å². The minimum Gasteiger partial charge on any atom is -0.451 e. The van der Waals surface area contributed by atoms with Gasteiger partial charge in [0.25, 0.3) is 0 Å². The number of halogens is 2. The van der Waals surface area contributed by atoms with Crippen molar-refractivity contribution in [1.29, 1.82) is 0 Å². The highest BCUT2D eigenvalue weighted by Gasteiger charge is 2.74. The van der Waals surface area contributed by atoms with E-state index in [0.29, 0.717) is 0 Å². The van der Waals surface area contributed by atoms with Gasteiger partial charge in [0, 0.05) is 0 Å². The van der Waals surface area contributed by atoms with Crippen LogP contribution in [-0.2, 0) is 4.74 Å². The minimum absolute atomic E-state index is 0.0274. The third-order valence-corrected chi connectivity index (χ3v) is 6.17. The van der Waals surface area contributed by atoms with E-state index in [-0.39, 0.29) is 34.1 Å². The maximum atomic E-state index is 12.6. The number of benzene rings is 1. The molecule has 156 valence electrons. The number of hydrogen-bond donors (Lipinski definition) is 6. The van der Waals surface area contributed by atoms with Crippen molar-refractivity contribution in [2.75, 3.05) is 13.2 Å². The normalized spacial score (nSPS) is 32.0. The number of carbonyl (C=O) groups is 1. The minimum atomic E-state index is -2.70. The van der Waals surface area contributed by atoms with Crippen molar-refractivity contribution in [3.8, 4) is 0 Å². The highest BCUT2D eigenvalue weighted by atomic mass is 35.5. The number of aliphatic hydroxyl groups is 3. The fourth-order valence-electron chi connectivity index (χ4n) is 4.03. The Hall–Kier alpha value is -2.31. The van der Waals surface area contributed by atoms with E-state index in [1.807, 2.05) is 0 Å². The first-order chi connectivity index (χ1) is 13.6. The molecule has 4 atom stereocenters. The molecule has 0 radical (unpaired) electrons. The van der Waals surface area contributed by atoms with Gasteiger partial charge in [-0.1, -0.05) is 29.3 Å². The van der Waals surface area contributed by atoms with E-state index in [1.54, 1.807) is 0 Å². The third kappa shape index (κ3) is 2.66. The summed E-state index contributed by atoms with van der Waals surface area (Å²) in [5.74, 6) is -3.80. The van der Waals surface area contributed by atoms with Gasteiger partial charge in [0.1, 0.15) is 12.1 Å². The smallest absolute Gasteiger partial charge is 0.340 e. The molecular formula is C16H18Cl2N6O5. The lowest BCUT2D eigenvalue weighted by Crippen LogP contribution is -2.77. The van der Waals surface area contributed by atoms with Gasteiger partial charge in [0.2, 0.25) is 5.79 Å². The zero-order chi connectivity index (χ0) is 21.1. The molecule has 0 bridgehead atoms. The van der Waals surface area contributed by atoms with E-state index < -0.39 is 42.2 Å². The zero-order valence-corrected chi connectivity index (χ0v) is 16.3. The zero-order valence-electron chi connectivity index (χ0n) is 14.8. The van der Waals surface area contributed by atoms with Crippen LogP contribution in [0.25, 0.3) is 0 Å². The second kappa shape index (κ2) is 6.61. The summed E-state index contributed by atoms with van der Waals surface area (Å²) in [5, 5.41) is 34.6. The van der Waals surface area contributed by atoms with Crippen molar-refractivity contribution in [3.63, 3.8) is 0 Å². The van der Waals surface area contributed by atoms with Gasteiger partial charge in [-0.3, -0.25) is 0 Å². The number of esters is 1. The highest BCUT2D eigenvalue weighted by molar-refractivity contribution is 6.43. The Balaban J connectivity index is 1.70. The van der Waals surface area contributed by atoms with Crippen LogP contribution in [0.2, 0.25) is 10.0 Å². The lowest BCUT2D eigenvalue weighted by atomic mass is 9.86. The molecule has 1 aromatic carbocycles. The van der Waals surface area contributed by atoms with E-state index in [2.05, 4.69) is 15.3 Å². The predicted octanol–water partition coefficient (Wildman–Crippen LogP) is -1.81. The van der Waals surface area contributed by atoms with Crippen molar-refractivity contribution in [1.82, 2.24) is 10.2 Å². The van der Waals surface area contributed by atoms with Crippen molar-refractivity contribution in [2.24, 2.45) is 21.5 Å². The third-order valence-electron chi connectivity index (χ3n) is 5.36. The predicted molar refractivity (Wildman–Crippen MR) is 103 cm³/mol. The van der Waals surface area contributed by atoms with Crippen LogP contribution in [0.1, 0.15) is 10.4 Å². The molecule has 0 aliphatic carbocycles. The van der Waals surface area contributed by atoms with Crippen molar-refractivity contribution in [3.05, 3.63) is 33.8 Å². The first kappa shape index (κ1) is 20.0. The fraction of sp³-hybridized carbons (Fsp3) is 0.438. The molecule has 1 fully saturated rings. The molecule has 1 saturated heterocycles. The van der Waals surface area contributed by atoms with Crippen molar-refractivity contribution in [2.45, 2.75) is 29.6 Å². The second-order valence-electron chi connectivity index (χ2n) is 6.92. The van der Waals surface area contributed by atoms with Crippen LogP contribution >= 0.6 is 23.2 Å². The molecule has 3 heterocycles. The molecule has 3 aliphatic rings. The largest absolute Gasteiger partial charge is 0.451 e. The Kier molecular flexibility index (Phi) is 4.55. The summed E-state index contributed by atoms with van der Waals surface area (Å²) in [5.41, 5.74) is 9.94. The Morgan fingerprint density at radius 3 is 2.76 bits per heavy atom. The highest BCUT2D eigenvalue weighted by Crippen LogP contribution is 2.45. The van der Waals surface area contributed by atoms with E-state index in [4.69, 9.17) is 39.4 Å². The molecule has 11 nitrogen and oxygen atoms in total. The van der Waals surface area contributed by atoms with Gasteiger partial charge in [0.15, 0.2) is 23.7 Å². The first-order valence-corrected chi connectivity index (χ1v) is 9.32. The number of carbonyl (C=O) groups excluding carboxylic acids is 1. The molecule has 3 aliphatic heterocycles. The molecule has 1 spiro atoms. The van der Waals surface area contributed by atoms with Gasteiger partial charge < -0.3 is 41.7 Å². The topological polar surface area (TPSA) is 179 Å². The molecule has 29 heavy (non-hydrogen) atoms. The molecule has 4 rings (SSSR count). The summed E-state index contributed by atoms with van der Waals surface area (Å²) in [7, 11) is 0. The van der Waals surface area contributed by atoms with Crippen LogP contribution in [0.15, 0.2) is 28.2 Å². The fourth-order valence-corrected chi connectivity index (χ4v) is 4.40. The summed E-state index contributed by atoms with van der Waals surface area (Å²) in [6, 6.07) is 2.52. The molecule has 0 aromatic heterocycles. The first-order valence-electron chi connectivity index (χ1n) is 8.56.